The summed E-state index contributed by atoms with van der Waals surface area (Å²) >= 11 is 0. The number of hydrogen-bond acceptors (Lipinski definition) is 3. The number of aromatic carboxylic acids is 1. The molecule has 1 aliphatic rings. The van der Waals surface area contributed by atoms with Crippen LogP contribution in [0.2, 0.25) is 0 Å². The Morgan fingerprint density at radius 1 is 1.56 bits per heavy atom. The molecule has 2 rings (SSSR count). The first-order chi connectivity index (χ1) is 7.61. The fourth-order valence-corrected chi connectivity index (χ4v) is 1.68. The Labute approximate surface area is 94.2 Å². The first-order valence-electron chi connectivity index (χ1n) is 5.29. The van der Waals surface area contributed by atoms with E-state index in [0.29, 0.717) is 29.0 Å². The molecule has 1 fully saturated rings. The number of methoxy groups -OCH3 is 1. The molecular formula is C12H15NO3. The van der Waals surface area contributed by atoms with Gasteiger partial charge in [-0.2, -0.15) is 0 Å². The SMILES string of the molecule is COc1ccc(C(=O)O)c(NC2CC2C)c1. The number of hydrogen-bond donors (Lipinski definition) is 2. The van der Waals surface area contributed by atoms with Gasteiger partial charge in [0.15, 0.2) is 0 Å². The predicted octanol–water partition coefficient (Wildman–Crippen LogP) is 2.21. The number of anilines is 1. The van der Waals surface area contributed by atoms with Crippen molar-refractivity contribution in [2.45, 2.75) is 19.4 Å². The fraction of sp³-hybridized carbons (Fsp3) is 0.417. The van der Waals surface area contributed by atoms with Gasteiger partial charge in [-0.25, -0.2) is 4.79 Å². The van der Waals surface area contributed by atoms with Gasteiger partial charge in [-0.15, -0.1) is 0 Å². The van der Waals surface area contributed by atoms with Gasteiger partial charge in [0.05, 0.1) is 18.4 Å². The third kappa shape index (κ3) is 2.10. The highest BCUT2D eigenvalue weighted by atomic mass is 16.5. The minimum absolute atomic E-state index is 0.292. The van der Waals surface area contributed by atoms with Gasteiger partial charge in [0.2, 0.25) is 0 Å². The lowest BCUT2D eigenvalue weighted by Crippen LogP contribution is -2.09. The highest BCUT2D eigenvalue weighted by molar-refractivity contribution is 5.94. The van der Waals surface area contributed by atoms with Crippen LogP contribution in [0, 0.1) is 5.92 Å². The molecule has 1 aromatic carbocycles. The monoisotopic (exact) mass is 221 g/mol. The van der Waals surface area contributed by atoms with Crippen molar-refractivity contribution in [1.29, 1.82) is 0 Å². The van der Waals surface area contributed by atoms with E-state index in [0.717, 1.165) is 6.42 Å². The molecule has 0 aliphatic heterocycles. The van der Waals surface area contributed by atoms with E-state index < -0.39 is 5.97 Å². The van der Waals surface area contributed by atoms with Crippen LogP contribution in [-0.4, -0.2) is 24.2 Å². The maximum atomic E-state index is 11.0. The summed E-state index contributed by atoms with van der Waals surface area (Å²) in [5, 5.41) is 12.3. The van der Waals surface area contributed by atoms with E-state index in [2.05, 4.69) is 12.2 Å². The normalized spacial score (nSPS) is 22.6. The summed E-state index contributed by atoms with van der Waals surface area (Å²) in [5.41, 5.74) is 0.932. The summed E-state index contributed by atoms with van der Waals surface area (Å²) in [6.45, 7) is 2.14. The second kappa shape index (κ2) is 4.04. The molecule has 0 saturated heterocycles. The Morgan fingerprint density at radius 2 is 2.25 bits per heavy atom. The molecule has 0 spiro atoms. The van der Waals surface area contributed by atoms with Crippen LogP contribution < -0.4 is 10.1 Å². The van der Waals surface area contributed by atoms with Gasteiger partial charge in [0.25, 0.3) is 0 Å². The molecule has 2 atom stereocenters. The van der Waals surface area contributed by atoms with E-state index in [9.17, 15) is 4.79 Å². The van der Waals surface area contributed by atoms with Gasteiger partial charge in [-0.05, 0) is 24.5 Å². The molecule has 1 aliphatic carbocycles. The molecule has 4 heteroatoms. The number of carboxylic acid groups (broad SMARTS) is 1. The van der Waals surface area contributed by atoms with E-state index in [4.69, 9.17) is 9.84 Å². The van der Waals surface area contributed by atoms with Gasteiger partial charge >= 0.3 is 5.97 Å². The van der Waals surface area contributed by atoms with Crippen LogP contribution in [0.4, 0.5) is 5.69 Å². The van der Waals surface area contributed by atoms with Crippen molar-refractivity contribution in [3.05, 3.63) is 23.8 Å². The lowest BCUT2D eigenvalue weighted by molar-refractivity contribution is 0.0698. The van der Waals surface area contributed by atoms with Crippen molar-refractivity contribution in [2.75, 3.05) is 12.4 Å². The zero-order valence-corrected chi connectivity index (χ0v) is 9.36. The maximum Gasteiger partial charge on any atom is 0.337 e. The second-order valence-electron chi connectivity index (χ2n) is 4.18. The molecule has 2 N–H and O–H groups in total. The van der Waals surface area contributed by atoms with E-state index in [1.54, 1.807) is 25.3 Å². The largest absolute Gasteiger partial charge is 0.497 e. The summed E-state index contributed by atoms with van der Waals surface area (Å²) in [6.07, 6.45) is 1.09. The number of nitrogens with one attached hydrogen (secondary N) is 1. The summed E-state index contributed by atoms with van der Waals surface area (Å²) in [6, 6.07) is 5.35. The van der Waals surface area contributed by atoms with Gasteiger partial charge < -0.3 is 15.2 Å². The first-order valence-corrected chi connectivity index (χ1v) is 5.29. The molecule has 2 unspecified atom stereocenters. The smallest absolute Gasteiger partial charge is 0.337 e. The number of carboxylic acids is 1. The van der Waals surface area contributed by atoms with Crippen molar-refractivity contribution >= 4 is 11.7 Å². The molecular weight excluding hydrogens is 206 g/mol. The summed E-state index contributed by atoms with van der Waals surface area (Å²) in [7, 11) is 1.57. The standard InChI is InChI=1S/C12H15NO3/c1-7-5-10(7)13-11-6-8(16-2)3-4-9(11)12(14)15/h3-4,6-7,10,13H,5H2,1-2H3,(H,14,15). The van der Waals surface area contributed by atoms with Crippen LogP contribution in [0.1, 0.15) is 23.7 Å². The lowest BCUT2D eigenvalue weighted by atomic mass is 10.1. The number of rotatable bonds is 4. The molecule has 0 radical (unpaired) electrons. The number of ether oxygens (including phenoxy) is 1. The molecule has 0 aromatic heterocycles. The molecule has 16 heavy (non-hydrogen) atoms. The summed E-state index contributed by atoms with van der Waals surface area (Å²) in [5.74, 6) is 0.368. The van der Waals surface area contributed by atoms with E-state index in [-0.39, 0.29) is 0 Å². The Kier molecular flexibility index (Phi) is 2.73. The Morgan fingerprint density at radius 3 is 2.75 bits per heavy atom. The zero-order valence-electron chi connectivity index (χ0n) is 9.36. The highest BCUT2D eigenvalue weighted by Gasteiger charge is 2.33. The quantitative estimate of drug-likeness (QED) is 0.818. The van der Waals surface area contributed by atoms with Crippen LogP contribution in [0.25, 0.3) is 0 Å². The van der Waals surface area contributed by atoms with Crippen LogP contribution in [0.5, 0.6) is 5.75 Å². The van der Waals surface area contributed by atoms with Crippen molar-refractivity contribution in [2.24, 2.45) is 5.92 Å². The molecule has 86 valence electrons. The number of benzene rings is 1. The lowest BCUT2D eigenvalue weighted by Gasteiger charge is -2.10. The van der Waals surface area contributed by atoms with E-state index in [1.165, 1.54) is 0 Å². The average Bonchev–Trinajstić information content (AvgIpc) is 2.93. The molecule has 1 saturated carbocycles. The Hall–Kier alpha value is -1.71. The molecule has 4 nitrogen and oxygen atoms in total. The van der Waals surface area contributed by atoms with Crippen molar-refractivity contribution in [3.8, 4) is 5.75 Å². The minimum atomic E-state index is -0.918. The minimum Gasteiger partial charge on any atom is -0.497 e. The number of carbonyl (C=O) groups is 1. The Balaban J connectivity index is 2.26. The van der Waals surface area contributed by atoms with Crippen LogP contribution >= 0.6 is 0 Å². The first kappa shape index (κ1) is 10.8. The van der Waals surface area contributed by atoms with Crippen LogP contribution in [-0.2, 0) is 0 Å². The predicted molar refractivity (Wildman–Crippen MR) is 61.1 cm³/mol. The van der Waals surface area contributed by atoms with Gasteiger partial charge in [-0.1, -0.05) is 6.92 Å². The van der Waals surface area contributed by atoms with Gasteiger partial charge in [0.1, 0.15) is 5.75 Å². The Bertz CT molecular complexity index is 417. The van der Waals surface area contributed by atoms with E-state index >= 15 is 0 Å². The average molecular weight is 221 g/mol. The summed E-state index contributed by atoms with van der Waals surface area (Å²) < 4.78 is 5.09. The highest BCUT2D eigenvalue weighted by Crippen LogP contribution is 2.34. The van der Waals surface area contributed by atoms with Crippen molar-refractivity contribution < 1.29 is 14.6 Å². The van der Waals surface area contributed by atoms with Crippen molar-refractivity contribution in [3.63, 3.8) is 0 Å². The molecule has 0 amide bonds. The van der Waals surface area contributed by atoms with E-state index in [1.807, 2.05) is 0 Å². The zero-order chi connectivity index (χ0) is 11.7. The summed E-state index contributed by atoms with van der Waals surface area (Å²) in [4.78, 5) is 11.0. The topological polar surface area (TPSA) is 58.6 Å². The van der Waals surface area contributed by atoms with Gasteiger partial charge in [-0.3, -0.25) is 0 Å². The second-order valence-corrected chi connectivity index (χ2v) is 4.18. The van der Waals surface area contributed by atoms with Crippen molar-refractivity contribution in [1.82, 2.24) is 0 Å². The fourth-order valence-electron chi connectivity index (χ4n) is 1.68. The molecule has 0 bridgehead atoms. The maximum absolute atomic E-state index is 11.0. The van der Waals surface area contributed by atoms with Crippen LogP contribution in [0.15, 0.2) is 18.2 Å². The third-order valence-corrected chi connectivity index (χ3v) is 2.91. The third-order valence-electron chi connectivity index (χ3n) is 2.91. The van der Waals surface area contributed by atoms with Gasteiger partial charge in [0, 0.05) is 12.1 Å². The molecule has 0 heterocycles. The molecule has 1 aromatic rings. The van der Waals surface area contributed by atoms with Crippen LogP contribution in [0.3, 0.4) is 0 Å².